The van der Waals surface area contributed by atoms with Gasteiger partial charge in [0.2, 0.25) is 5.91 Å². The lowest BCUT2D eigenvalue weighted by Crippen LogP contribution is -2.43. The molecule has 26 heavy (non-hydrogen) atoms. The number of carbonyl (C=O) groups is 1. The van der Waals surface area contributed by atoms with Crippen molar-refractivity contribution in [2.45, 2.75) is 30.3 Å². The molecule has 1 saturated heterocycles. The highest BCUT2D eigenvalue weighted by atomic mass is 79.9. The van der Waals surface area contributed by atoms with E-state index in [1.165, 1.54) is 0 Å². The number of halogens is 1. The number of nitrogens with zero attached hydrogens (tertiary/aromatic N) is 1. The molecule has 0 aliphatic carbocycles. The maximum Gasteiger partial charge on any atom is 0.226 e. The third-order valence-electron chi connectivity index (χ3n) is 4.78. The molecule has 0 aromatic heterocycles. The average Bonchev–Trinajstić information content (AvgIpc) is 2.64. The summed E-state index contributed by atoms with van der Waals surface area (Å²) in [5.41, 5.74) is 1.79. The van der Waals surface area contributed by atoms with Gasteiger partial charge in [-0.25, -0.2) is 8.42 Å². The predicted octanol–water partition coefficient (Wildman–Crippen LogP) is 3.60. The summed E-state index contributed by atoms with van der Waals surface area (Å²) in [4.78, 5) is 14.3. The van der Waals surface area contributed by atoms with Crippen LogP contribution < -0.4 is 0 Å². The zero-order valence-electron chi connectivity index (χ0n) is 14.5. The number of rotatable bonds is 5. The molecule has 1 heterocycles. The third-order valence-corrected chi connectivity index (χ3v) is 7.53. The summed E-state index contributed by atoms with van der Waals surface area (Å²) >= 11 is 3.38. The number of likely N-dealkylation sites (tertiary alicyclic amines) is 1. The number of carbonyl (C=O) groups excluding carboxylic acids is 1. The lowest BCUT2D eigenvalue weighted by Gasteiger charge is -2.32. The molecule has 0 unspecified atom stereocenters. The van der Waals surface area contributed by atoms with Crippen LogP contribution in [0.25, 0.3) is 0 Å². The largest absolute Gasteiger partial charge is 0.342 e. The van der Waals surface area contributed by atoms with E-state index in [0.717, 1.165) is 15.6 Å². The van der Waals surface area contributed by atoms with E-state index in [0.29, 0.717) is 32.4 Å². The summed E-state index contributed by atoms with van der Waals surface area (Å²) < 4.78 is 26.3. The van der Waals surface area contributed by atoms with Crippen molar-refractivity contribution >= 4 is 31.7 Å². The van der Waals surface area contributed by atoms with Crippen molar-refractivity contribution < 1.29 is 13.2 Å². The van der Waals surface area contributed by atoms with E-state index in [-0.39, 0.29) is 16.9 Å². The van der Waals surface area contributed by atoms with Gasteiger partial charge in [-0.05, 0) is 36.1 Å². The van der Waals surface area contributed by atoms with E-state index in [9.17, 15) is 13.2 Å². The molecule has 2 aromatic rings. The van der Waals surface area contributed by atoms with Gasteiger partial charge < -0.3 is 4.90 Å². The van der Waals surface area contributed by atoms with Crippen LogP contribution in [0, 0.1) is 0 Å². The van der Waals surface area contributed by atoms with E-state index in [1.807, 2.05) is 54.6 Å². The molecule has 4 nitrogen and oxygen atoms in total. The Morgan fingerprint density at radius 1 is 0.962 bits per heavy atom. The average molecular weight is 436 g/mol. The van der Waals surface area contributed by atoms with Gasteiger partial charge in [0.05, 0.1) is 17.4 Å². The summed E-state index contributed by atoms with van der Waals surface area (Å²) in [6.07, 6.45) is 1.39. The van der Waals surface area contributed by atoms with Gasteiger partial charge in [0, 0.05) is 17.6 Å². The molecular formula is C20H22BrNO3S. The Morgan fingerprint density at radius 3 is 2.19 bits per heavy atom. The van der Waals surface area contributed by atoms with Gasteiger partial charge in [-0.2, -0.15) is 0 Å². The minimum Gasteiger partial charge on any atom is -0.342 e. The summed E-state index contributed by atoms with van der Waals surface area (Å²) in [6.45, 7) is 1.02. The SMILES string of the molecule is O=C(Cc1ccc(Br)cc1)N1CCC(S(=O)(=O)Cc2ccccc2)CC1. The van der Waals surface area contributed by atoms with E-state index in [1.54, 1.807) is 4.90 Å². The van der Waals surface area contributed by atoms with Crippen LogP contribution in [-0.4, -0.2) is 37.6 Å². The Labute approximate surface area is 163 Å². The molecule has 1 fully saturated rings. The Balaban J connectivity index is 1.54. The molecule has 2 aromatic carbocycles. The number of hydrogen-bond donors (Lipinski definition) is 0. The first-order valence-corrected chi connectivity index (χ1v) is 11.2. The van der Waals surface area contributed by atoms with Crippen molar-refractivity contribution in [3.63, 3.8) is 0 Å². The van der Waals surface area contributed by atoms with Crippen molar-refractivity contribution in [2.75, 3.05) is 13.1 Å². The Kier molecular flexibility index (Phi) is 6.14. The van der Waals surface area contributed by atoms with Crippen LogP contribution >= 0.6 is 15.9 Å². The monoisotopic (exact) mass is 435 g/mol. The van der Waals surface area contributed by atoms with Gasteiger partial charge in [0.15, 0.2) is 9.84 Å². The molecule has 0 radical (unpaired) electrons. The normalized spacial score (nSPS) is 15.8. The predicted molar refractivity (Wildman–Crippen MR) is 107 cm³/mol. The summed E-state index contributed by atoms with van der Waals surface area (Å²) in [5.74, 6) is 0.136. The highest BCUT2D eigenvalue weighted by Crippen LogP contribution is 2.22. The smallest absolute Gasteiger partial charge is 0.226 e. The van der Waals surface area contributed by atoms with E-state index in [4.69, 9.17) is 0 Å². The minimum atomic E-state index is -3.19. The number of benzene rings is 2. The molecule has 0 bridgehead atoms. The number of hydrogen-bond acceptors (Lipinski definition) is 3. The topological polar surface area (TPSA) is 54.5 Å². The highest BCUT2D eigenvalue weighted by Gasteiger charge is 2.31. The van der Waals surface area contributed by atoms with Crippen LogP contribution in [-0.2, 0) is 26.8 Å². The van der Waals surface area contributed by atoms with Gasteiger partial charge in [0.25, 0.3) is 0 Å². The Hall–Kier alpha value is -1.66. The van der Waals surface area contributed by atoms with Crippen molar-refractivity contribution in [2.24, 2.45) is 0 Å². The van der Waals surface area contributed by atoms with Crippen molar-refractivity contribution in [1.29, 1.82) is 0 Å². The zero-order chi connectivity index (χ0) is 18.6. The van der Waals surface area contributed by atoms with Gasteiger partial charge in [-0.15, -0.1) is 0 Å². The second-order valence-corrected chi connectivity index (χ2v) is 9.87. The molecule has 0 atom stereocenters. The van der Waals surface area contributed by atoms with E-state index < -0.39 is 9.84 Å². The van der Waals surface area contributed by atoms with Crippen molar-refractivity contribution in [3.8, 4) is 0 Å². The van der Waals surface area contributed by atoms with E-state index in [2.05, 4.69) is 15.9 Å². The highest BCUT2D eigenvalue weighted by molar-refractivity contribution is 9.10. The second-order valence-electron chi connectivity index (χ2n) is 6.68. The minimum absolute atomic E-state index is 0.0613. The lowest BCUT2D eigenvalue weighted by atomic mass is 10.1. The molecule has 6 heteroatoms. The zero-order valence-corrected chi connectivity index (χ0v) is 16.9. The summed E-state index contributed by atoms with van der Waals surface area (Å²) in [6, 6.07) is 17.0. The second kappa shape index (κ2) is 8.35. The fourth-order valence-corrected chi connectivity index (χ4v) is 5.36. The van der Waals surface area contributed by atoms with Crippen LogP contribution in [0.1, 0.15) is 24.0 Å². The maximum absolute atomic E-state index is 12.6. The van der Waals surface area contributed by atoms with Crippen LogP contribution in [0.2, 0.25) is 0 Å². The van der Waals surface area contributed by atoms with Crippen LogP contribution in [0.3, 0.4) is 0 Å². The fraction of sp³-hybridized carbons (Fsp3) is 0.350. The van der Waals surface area contributed by atoms with Gasteiger partial charge in [-0.3, -0.25) is 4.79 Å². The molecular weight excluding hydrogens is 414 g/mol. The number of amides is 1. The lowest BCUT2D eigenvalue weighted by molar-refractivity contribution is -0.131. The summed E-state index contributed by atoms with van der Waals surface area (Å²) in [5, 5.41) is -0.362. The van der Waals surface area contributed by atoms with Crippen LogP contribution in [0.4, 0.5) is 0 Å². The Morgan fingerprint density at radius 2 is 1.58 bits per heavy atom. The maximum atomic E-state index is 12.6. The molecule has 0 saturated carbocycles. The standard InChI is InChI=1S/C20H22BrNO3S/c21-18-8-6-16(7-9-18)14-20(23)22-12-10-19(11-13-22)26(24,25)15-17-4-2-1-3-5-17/h1-9,19H,10-15H2. The first-order valence-electron chi connectivity index (χ1n) is 8.72. The molecule has 1 aliphatic heterocycles. The third kappa shape index (κ3) is 4.95. The number of sulfone groups is 1. The molecule has 0 spiro atoms. The fourth-order valence-electron chi connectivity index (χ4n) is 3.28. The van der Waals surface area contributed by atoms with Crippen LogP contribution in [0.15, 0.2) is 59.1 Å². The van der Waals surface area contributed by atoms with Gasteiger partial charge >= 0.3 is 0 Å². The van der Waals surface area contributed by atoms with Crippen molar-refractivity contribution in [1.82, 2.24) is 4.90 Å². The van der Waals surface area contributed by atoms with Crippen molar-refractivity contribution in [3.05, 3.63) is 70.2 Å². The molecule has 138 valence electrons. The Bertz CT molecular complexity index is 842. The molecule has 1 aliphatic rings. The van der Waals surface area contributed by atoms with Crippen LogP contribution in [0.5, 0.6) is 0 Å². The quantitative estimate of drug-likeness (QED) is 0.720. The summed E-state index contributed by atoms with van der Waals surface area (Å²) in [7, 11) is -3.19. The number of piperidine rings is 1. The first-order chi connectivity index (χ1) is 12.4. The first kappa shape index (κ1) is 19.1. The van der Waals surface area contributed by atoms with Gasteiger partial charge in [0.1, 0.15) is 0 Å². The van der Waals surface area contributed by atoms with Gasteiger partial charge in [-0.1, -0.05) is 58.4 Å². The molecule has 1 amide bonds. The molecule has 3 rings (SSSR count). The molecule has 0 N–H and O–H groups in total. The van der Waals surface area contributed by atoms with E-state index >= 15 is 0 Å².